The van der Waals surface area contributed by atoms with E-state index in [1.807, 2.05) is 27.7 Å². The average molecular weight is 273 g/mol. The number of ether oxygens (including phenoxy) is 4. The predicted molar refractivity (Wildman–Crippen MR) is 68.4 cm³/mol. The smallest absolute Gasteiger partial charge is 0.268 e. The van der Waals surface area contributed by atoms with Crippen LogP contribution in [-0.2, 0) is 24.7 Å². The first kappa shape index (κ1) is 16.0. The van der Waals surface area contributed by atoms with Gasteiger partial charge in [-0.2, -0.15) is 15.4 Å². The van der Waals surface area contributed by atoms with Crippen LogP contribution in [0.2, 0.25) is 0 Å². The van der Waals surface area contributed by atoms with Gasteiger partial charge in [0.25, 0.3) is 5.79 Å². The molecule has 0 atom stereocenters. The first-order valence-electron chi connectivity index (χ1n) is 6.62. The Morgan fingerprint density at radius 1 is 1.05 bits per heavy atom. The second-order valence-corrected chi connectivity index (χ2v) is 3.63. The maximum absolute atomic E-state index is 5.79. The molecule has 0 amide bonds. The van der Waals surface area contributed by atoms with E-state index in [9.17, 15) is 0 Å². The number of nitrogens with one attached hydrogen (secondary N) is 1. The van der Waals surface area contributed by atoms with Gasteiger partial charge in [-0.25, -0.2) is 0 Å². The van der Waals surface area contributed by atoms with Crippen molar-refractivity contribution in [3.8, 4) is 0 Å². The molecule has 0 saturated heterocycles. The van der Waals surface area contributed by atoms with Crippen LogP contribution in [0.3, 0.4) is 0 Å². The van der Waals surface area contributed by atoms with E-state index in [-0.39, 0.29) is 0 Å². The summed E-state index contributed by atoms with van der Waals surface area (Å²) in [5.74, 6) is -1.21. The third kappa shape index (κ3) is 3.73. The Morgan fingerprint density at radius 3 is 2.00 bits per heavy atom. The van der Waals surface area contributed by atoms with E-state index in [0.29, 0.717) is 32.1 Å². The van der Waals surface area contributed by atoms with Crippen LogP contribution < -0.4 is 0 Å². The molecule has 1 rings (SSSR count). The van der Waals surface area contributed by atoms with Gasteiger partial charge in [-0.05, 0) is 27.7 Å². The van der Waals surface area contributed by atoms with Crippen molar-refractivity contribution in [1.29, 1.82) is 0 Å². The molecule has 1 N–H and O–H groups in total. The lowest BCUT2D eigenvalue weighted by atomic mass is 10.2. The van der Waals surface area contributed by atoms with Crippen LogP contribution in [0.5, 0.6) is 0 Å². The molecule has 110 valence electrons. The number of hydrogen-bond donors (Lipinski definition) is 1. The summed E-state index contributed by atoms with van der Waals surface area (Å²) in [6, 6.07) is 0. The van der Waals surface area contributed by atoms with E-state index in [0.717, 1.165) is 0 Å². The Kier molecular flexibility index (Phi) is 6.93. The molecule has 0 aliphatic rings. The molecule has 0 aromatic carbocycles. The Balaban J connectivity index is 3.11. The molecule has 0 unspecified atom stereocenters. The molecule has 0 fully saturated rings. The normalized spacial score (nSPS) is 12.3. The highest BCUT2D eigenvalue weighted by Gasteiger charge is 2.47. The fourth-order valence-corrected chi connectivity index (χ4v) is 1.82. The maximum atomic E-state index is 5.79. The number of rotatable bonds is 10. The summed E-state index contributed by atoms with van der Waals surface area (Å²) in [4.78, 5) is 0. The Morgan fingerprint density at radius 2 is 1.63 bits per heavy atom. The third-order valence-corrected chi connectivity index (χ3v) is 2.44. The quantitative estimate of drug-likeness (QED) is 0.650. The summed E-state index contributed by atoms with van der Waals surface area (Å²) < 4.78 is 22.8. The molecular weight excluding hydrogens is 250 g/mol. The summed E-state index contributed by atoms with van der Waals surface area (Å²) in [5.41, 5.74) is 0.503. The van der Waals surface area contributed by atoms with E-state index in [2.05, 4.69) is 15.4 Å². The monoisotopic (exact) mass is 273 g/mol. The molecule has 1 aromatic heterocycles. The average Bonchev–Trinajstić information content (AvgIpc) is 2.92. The van der Waals surface area contributed by atoms with E-state index in [4.69, 9.17) is 18.9 Å². The van der Waals surface area contributed by atoms with Gasteiger partial charge in [-0.15, -0.1) is 0 Å². The van der Waals surface area contributed by atoms with Crippen LogP contribution in [-0.4, -0.2) is 48.1 Å². The molecular formula is C12H23N3O4. The van der Waals surface area contributed by atoms with Crippen molar-refractivity contribution in [3.05, 3.63) is 11.9 Å². The van der Waals surface area contributed by atoms with E-state index >= 15 is 0 Å². The second-order valence-electron chi connectivity index (χ2n) is 3.63. The minimum Gasteiger partial charge on any atom is -0.348 e. The minimum atomic E-state index is -1.21. The first-order chi connectivity index (χ1) is 9.25. The van der Waals surface area contributed by atoms with Gasteiger partial charge in [0.1, 0.15) is 5.69 Å². The highest BCUT2D eigenvalue weighted by molar-refractivity contribution is 5.04. The SMILES string of the molecule is CCOC(OCC)C(OCC)(OCC)c1cn[nH]n1. The van der Waals surface area contributed by atoms with Crippen molar-refractivity contribution < 1.29 is 18.9 Å². The Hall–Kier alpha value is -1.02. The molecule has 7 heteroatoms. The summed E-state index contributed by atoms with van der Waals surface area (Å²) in [6.07, 6.45) is 0.851. The number of hydrogen-bond acceptors (Lipinski definition) is 6. The summed E-state index contributed by atoms with van der Waals surface area (Å²) in [7, 11) is 0. The molecule has 1 aromatic rings. The van der Waals surface area contributed by atoms with Gasteiger partial charge in [0.05, 0.1) is 6.20 Å². The van der Waals surface area contributed by atoms with Crippen LogP contribution in [0.1, 0.15) is 33.4 Å². The van der Waals surface area contributed by atoms with Gasteiger partial charge < -0.3 is 18.9 Å². The number of nitrogens with zero attached hydrogens (tertiary/aromatic N) is 2. The third-order valence-electron chi connectivity index (χ3n) is 2.44. The lowest BCUT2D eigenvalue weighted by Crippen LogP contribution is -2.48. The predicted octanol–water partition coefficient (Wildman–Crippen LogP) is 1.43. The van der Waals surface area contributed by atoms with Gasteiger partial charge >= 0.3 is 0 Å². The van der Waals surface area contributed by atoms with Gasteiger partial charge in [0.15, 0.2) is 0 Å². The fraction of sp³-hybridized carbons (Fsp3) is 0.833. The van der Waals surface area contributed by atoms with Gasteiger partial charge in [-0.3, -0.25) is 0 Å². The zero-order valence-corrected chi connectivity index (χ0v) is 12.0. The highest BCUT2D eigenvalue weighted by atomic mass is 16.8. The standard InChI is InChI=1S/C12H23N3O4/c1-5-16-11(17-6-2)12(18-7-3,19-8-4)10-9-13-15-14-10/h9,11H,5-8H2,1-4H3,(H,13,14,15). The van der Waals surface area contributed by atoms with E-state index < -0.39 is 12.1 Å². The van der Waals surface area contributed by atoms with Crippen molar-refractivity contribution in [2.45, 2.75) is 39.8 Å². The van der Waals surface area contributed by atoms with Crippen LogP contribution in [0, 0.1) is 0 Å². The fourth-order valence-electron chi connectivity index (χ4n) is 1.82. The maximum Gasteiger partial charge on any atom is 0.268 e. The van der Waals surface area contributed by atoms with Crippen LogP contribution in [0.4, 0.5) is 0 Å². The minimum absolute atomic E-state index is 0.434. The number of aromatic nitrogens is 3. The van der Waals surface area contributed by atoms with Crippen molar-refractivity contribution >= 4 is 0 Å². The van der Waals surface area contributed by atoms with Crippen molar-refractivity contribution in [2.24, 2.45) is 0 Å². The lowest BCUT2D eigenvalue weighted by molar-refractivity contribution is -0.361. The number of H-pyrrole nitrogens is 1. The molecule has 1 heterocycles. The van der Waals surface area contributed by atoms with Crippen molar-refractivity contribution in [3.63, 3.8) is 0 Å². The summed E-state index contributed by atoms with van der Waals surface area (Å²) >= 11 is 0. The van der Waals surface area contributed by atoms with Crippen LogP contribution in [0.25, 0.3) is 0 Å². The largest absolute Gasteiger partial charge is 0.348 e. The second kappa shape index (κ2) is 8.21. The van der Waals surface area contributed by atoms with E-state index in [1.54, 1.807) is 6.20 Å². The molecule has 0 saturated carbocycles. The Labute approximate surface area is 113 Å². The highest BCUT2D eigenvalue weighted by Crippen LogP contribution is 2.32. The first-order valence-corrected chi connectivity index (χ1v) is 6.62. The van der Waals surface area contributed by atoms with Crippen LogP contribution >= 0.6 is 0 Å². The van der Waals surface area contributed by atoms with Crippen molar-refractivity contribution in [1.82, 2.24) is 15.4 Å². The molecule has 0 aliphatic heterocycles. The zero-order valence-electron chi connectivity index (χ0n) is 12.0. The van der Waals surface area contributed by atoms with Gasteiger partial charge in [0, 0.05) is 26.4 Å². The summed E-state index contributed by atoms with van der Waals surface area (Å²) in [5, 5.41) is 10.4. The molecule has 19 heavy (non-hydrogen) atoms. The van der Waals surface area contributed by atoms with Gasteiger partial charge in [-0.1, -0.05) is 0 Å². The van der Waals surface area contributed by atoms with Gasteiger partial charge in [0.2, 0.25) is 6.29 Å². The van der Waals surface area contributed by atoms with E-state index in [1.165, 1.54) is 0 Å². The molecule has 0 radical (unpaired) electrons. The number of aromatic amines is 1. The molecule has 7 nitrogen and oxygen atoms in total. The van der Waals surface area contributed by atoms with Crippen LogP contribution in [0.15, 0.2) is 6.20 Å². The molecule has 0 bridgehead atoms. The molecule has 0 spiro atoms. The summed E-state index contributed by atoms with van der Waals surface area (Å²) in [6.45, 7) is 9.35. The van der Waals surface area contributed by atoms with Crippen molar-refractivity contribution in [2.75, 3.05) is 26.4 Å². The Bertz CT molecular complexity index is 320. The zero-order chi connectivity index (χ0) is 14.1. The lowest BCUT2D eigenvalue weighted by Gasteiger charge is -2.37. The molecule has 0 aliphatic carbocycles. The topological polar surface area (TPSA) is 78.5 Å².